The van der Waals surface area contributed by atoms with E-state index in [9.17, 15) is 9.59 Å². The van der Waals surface area contributed by atoms with Gasteiger partial charge in [-0.2, -0.15) is 0 Å². The van der Waals surface area contributed by atoms with E-state index in [2.05, 4.69) is 12.1 Å². The van der Waals surface area contributed by atoms with Crippen molar-refractivity contribution in [1.82, 2.24) is 0 Å². The van der Waals surface area contributed by atoms with Crippen LogP contribution in [0.2, 0.25) is 0 Å². The summed E-state index contributed by atoms with van der Waals surface area (Å²) in [5.74, 6) is 0.560. The average Bonchev–Trinajstić information content (AvgIpc) is 3.22. The van der Waals surface area contributed by atoms with Crippen molar-refractivity contribution in [3.8, 4) is 0 Å². The van der Waals surface area contributed by atoms with Gasteiger partial charge in [0, 0.05) is 24.6 Å². The molecule has 0 bridgehead atoms. The van der Waals surface area contributed by atoms with Gasteiger partial charge in [0.25, 0.3) is 0 Å². The lowest BCUT2D eigenvalue weighted by Gasteiger charge is -2.32. The van der Waals surface area contributed by atoms with E-state index in [1.165, 1.54) is 5.56 Å². The minimum atomic E-state index is -0.396. The predicted octanol–water partition coefficient (Wildman–Crippen LogP) is 2.58. The van der Waals surface area contributed by atoms with Crippen LogP contribution < -0.4 is 4.90 Å². The minimum Gasteiger partial charge on any atom is -0.308 e. The molecule has 19 heavy (non-hydrogen) atoms. The highest BCUT2D eigenvalue weighted by molar-refractivity contribution is 6.09. The van der Waals surface area contributed by atoms with Crippen LogP contribution in [0.15, 0.2) is 24.3 Å². The average molecular weight is 255 g/mol. The zero-order chi connectivity index (χ0) is 13.0. The van der Waals surface area contributed by atoms with E-state index >= 15 is 0 Å². The summed E-state index contributed by atoms with van der Waals surface area (Å²) in [6.07, 6.45) is 4.75. The number of anilines is 1. The molecule has 3 aliphatic rings. The van der Waals surface area contributed by atoms with Gasteiger partial charge in [0.2, 0.25) is 5.91 Å². The number of hydrogen-bond acceptors (Lipinski definition) is 2. The largest absolute Gasteiger partial charge is 0.308 e. The van der Waals surface area contributed by atoms with Gasteiger partial charge in [-0.05, 0) is 37.3 Å². The molecule has 1 heterocycles. The van der Waals surface area contributed by atoms with Crippen LogP contribution in [0.25, 0.3) is 0 Å². The van der Waals surface area contributed by atoms with E-state index < -0.39 is 5.41 Å². The minimum absolute atomic E-state index is 0.253. The first-order valence-corrected chi connectivity index (χ1v) is 7.17. The third-order valence-electron chi connectivity index (χ3n) is 4.88. The monoisotopic (exact) mass is 255 g/mol. The second-order valence-electron chi connectivity index (χ2n) is 6.04. The molecule has 3 nitrogen and oxygen atoms in total. The van der Waals surface area contributed by atoms with Gasteiger partial charge in [0.1, 0.15) is 5.78 Å². The number of hydrogen-bond donors (Lipinski definition) is 0. The van der Waals surface area contributed by atoms with Crippen molar-refractivity contribution in [2.75, 3.05) is 4.90 Å². The fourth-order valence-corrected chi connectivity index (χ4v) is 3.68. The predicted molar refractivity (Wildman–Crippen MR) is 72.1 cm³/mol. The van der Waals surface area contributed by atoms with E-state index in [0.29, 0.717) is 37.5 Å². The summed E-state index contributed by atoms with van der Waals surface area (Å²) in [6.45, 7) is 0. The number of fused-ring (bicyclic) bond motifs is 2. The molecule has 3 heteroatoms. The summed E-state index contributed by atoms with van der Waals surface area (Å²) in [6, 6.07) is 8.59. The van der Waals surface area contributed by atoms with Crippen LogP contribution in [0.4, 0.5) is 5.69 Å². The van der Waals surface area contributed by atoms with Crippen molar-refractivity contribution in [2.45, 2.75) is 50.0 Å². The summed E-state index contributed by atoms with van der Waals surface area (Å²) in [7, 11) is 0. The molecule has 1 spiro atoms. The van der Waals surface area contributed by atoms with Crippen LogP contribution in [0.1, 0.15) is 44.1 Å². The van der Waals surface area contributed by atoms with Gasteiger partial charge in [-0.25, -0.2) is 0 Å². The van der Waals surface area contributed by atoms with Gasteiger partial charge >= 0.3 is 0 Å². The maximum atomic E-state index is 12.9. The van der Waals surface area contributed by atoms with Crippen molar-refractivity contribution in [2.24, 2.45) is 0 Å². The van der Waals surface area contributed by atoms with Crippen LogP contribution in [-0.4, -0.2) is 17.7 Å². The Hall–Kier alpha value is -1.64. The number of Topliss-reactive ketones (excluding diaryl/α,β-unsaturated/α-hetero) is 1. The number of ketones is 1. The number of nitrogens with zero attached hydrogens (tertiary/aromatic N) is 1. The van der Waals surface area contributed by atoms with E-state index in [4.69, 9.17) is 0 Å². The van der Waals surface area contributed by atoms with Gasteiger partial charge in [-0.15, -0.1) is 0 Å². The molecule has 0 radical (unpaired) electrons. The second kappa shape index (κ2) is 3.69. The first kappa shape index (κ1) is 11.2. The number of carbonyl (C=O) groups excluding carboxylic acids is 2. The number of rotatable bonds is 1. The van der Waals surface area contributed by atoms with Crippen molar-refractivity contribution >= 4 is 17.4 Å². The topological polar surface area (TPSA) is 37.4 Å². The number of para-hydroxylation sites is 1. The molecular formula is C16H17NO2. The quantitative estimate of drug-likeness (QED) is 0.773. The molecule has 1 aliphatic heterocycles. The number of benzene rings is 1. The van der Waals surface area contributed by atoms with Gasteiger partial charge < -0.3 is 4.90 Å². The third kappa shape index (κ3) is 1.44. The highest BCUT2D eigenvalue weighted by Gasteiger charge is 2.54. The molecular weight excluding hydrogens is 238 g/mol. The lowest BCUT2D eigenvalue weighted by molar-refractivity contribution is -0.127. The molecule has 98 valence electrons. The third-order valence-corrected chi connectivity index (χ3v) is 4.88. The fraction of sp³-hybridized carbons (Fsp3) is 0.500. The molecule has 0 N–H and O–H groups in total. The van der Waals surface area contributed by atoms with E-state index in [1.807, 2.05) is 17.0 Å². The van der Waals surface area contributed by atoms with Crippen LogP contribution in [-0.2, 0) is 15.0 Å². The molecule has 1 aromatic rings. The van der Waals surface area contributed by atoms with Crippen LogP contribution in [0.5, 0.6) is 0 Å². The summed E-state index contributed by atoms with van der Waals surface area (Å²) in [5, 5.41) is 0. The molecule has 1 aromatic carbocycles. The van der Waals surface area contributed by atoms with E-state index in [0.717, 1.165) is 18.5 Å². The Balaban J connectivity index is 1.83. The standard InChI is InChI=1S/C16H17NO2/c18-12-7-9-16(10-8-12)13-3-1-2-4-14(13)17(15(16)19)11-5-6-11/h1-4,11H,5-10H2. The molecule has 2 fully saturated rings. The molecule has 0 atom stereocenters. The lowest BCUT2D eigenvalue weighted by atomic mass is 9.70. The van der Waals surface area contributed by atoms with Gasteiger partial charge in [-0.1, -0.05) is 18.2 Å². The molecule has 0 aromatic heterocycles. The van der Waals surface area contributed by atoms with Crippen LogP contribution in [0, 0.1) is 0 Å². The Bertz CT molecular complexity index is 564. The Kier molecular flexibility index (Phi) is 2.17. The molecule has 2 aliphatic carbocycles. The number of amides is 1. The maximum Gasteiger partial charge on any atom is 0.238 e. The van der Waals surface area contributed by atoms with Crippen molar-refractivity contribution < 1.29 is 9.59 Å². The Morgan fingerprint density at radius 1 is 1.05 bits per heavy atom. The van der Waals surface area contributed by atoms with E-state index in [1.54, 1.807) is 0 Å². The zero-order valence-electron chi connectivity index (χ0n) is 10.9. The second-order valence-corrected chi connectivity index (χ2v) is 6.04. The van der Waals surface area contributed by atoms with Gasteiger partial charge in [0.05, 0.1) is 5.41 Å². The molecule has 1 amide bonds. The highest BCUT2D eigenvalue weighted by Crippen LogP contribution is 2.52. The first-order chi connectivity index (χ1) is 9.22. The maximum absolute atomic E-state index is 12.9. The Labute approximate surface area is 112 Å². The van der Waals surface area contributed by atoms with E-state index in [-0.39, 0.29) is 5.91 Å². The molecule has 0 unspecified atom stereocenters. The summed E-state index contributed by atoms with van der Waals surface area (Å²) >= 11 is 0. The summed E-state index contributed by atoms with van der Waals surface area (Å²) < 4.78 is 0. The molecule has 0 saturated heterocycles. The summed E-state index contributed by atoms with van der Waals surface area (Å²) in [5.41, 5.74) is 1.87. The van der Waals surface area contributed by atoms with Gasteiger partial charge in [-0.3, -0.25) is 9.59 Å². The number of carbonyl (C=O) groups is 2. The summed E-state index contributed by atoms with van der Waals surface area (Å²) in [4.78, 5) is 26.5. The van der Waals surface area contributed by atoms with Crippen molar-refractivity contribution in [3.63, 3.8) is 0 Å². The van der Waals surface area contributed by atoms with Crippen molar-refractivity contribution in [1.29, 1.82) is 0 Å². The van der Waals surface area contributed by atoms with Crippen LogP contribution >= 0.6 is 0 Å². The Morgan fingerprint density at radius 2 is 1.74 bits per heavy atom. The molecule has 4 rings (SSSR count). The zero-order valence-corrected chi connectivity index (χ0v) is 10.9. The highest BCUT2D eigenvalue weighted by atomic mass is 16.2. The lowest BCUT2D eigenvalue weighted by Crippen LogP contribution is -2.43. The van der Waals surface area contributed by atoms with Crippen molar-refractivity contribution in [3.05, 3.63) is 29.8 Å². The molecule has 2 saturated carbocycles. The SMILES string of the molecule is O=C1CCC2(CC1)C(=O)N(C1CC1)c1ccccc12. The van der Waals surface area contributed by atoms with Gasteiger partial charge in [0.15, 0.2) is 0 Å². The first-order valence-electron chi connectivity index (χ1n) is 7.17. The normalized spacial score (nSPS) is 24.9. The smallest absolute Gasteiger partial charge is 0.238 e. The Morgan fingerprint density at radius 3 is 2.42 bits per heavy atom. The fourth-order valence-electron chi connectivity index (χ4n) is 3.68. The van der Waals surface area contributed by atoms with Crippen LogP contribution in [0.3, 0.4) is 0 Å².